The lowest BCUT2D eigenvalue weighted by Gasteiger charge is -2.29. The van der Waals surface area contributed by atoms with Crippen LogP contribution in [0.4, 0.5) is 5.69 Å². The fraction of sp³-hybridized carbons (Fsp3) is 0.647. The molecule has 1 N–H and O–H groups in total. The van der Waals surface area contributed by atoms with Gasteiger partial charge in [-0.2, -0.15) is 0 Å². The van der Waals surface area contributed by atoms with E-state index in [0.29, 0.717) is 0 Å². The molecule has 0 saturated carbocycles. The smallest absolute Gasteiger partial charge is 0.0375 e. The van der Waals surface area contributed by atoms with Crippen molar-refractivity contribution >= 4 is 5.69 Å². The number of nitrogens with zero attached hydrogens (tertiary/aromatic N) is 1. The average Bonchev–Trinajstić information content (AvgIpc) is 2.87. The molecule has 2 aliphatic heterocycles. The minimum Gasteiger partial charge on any atom is -0.385 e. The van der Waals surface area contributed by atoms with E-state index in [2.05, 4.69) is 42.3 Å². The van der Waals surface area contributed by atoms with Crippen molar-refractivity contribution in [1.29, 1.82) is 0 Å². The predicted molar refractivity (Wildman–Crippen MR) is 81.5 cm³/mol. The van der Waals surface area contributed by atoms with Crippen LogP contribution in [0.3, 0.4) is 0 Å². The van der Waals surface area contributed by atoms with E-state index in [4.69, 9.17) is 0 Å². The number of rotatable bonds is 3. The lowest BCUT2D eigenvalue weighted by Crippen LogP contribution is -2.33. The molecule has 0 amide bonds. The quantitative estimate of drug-likeness (QED) is 0.890. The summed E-state index contributed by atoms with van der Waals surface area (Å²) in [5, 5.41) is 3.54. The van der Waals surface area contributed by atoms with Crippen molar-refractivity contribution in [1.82, 2.24) is 4.90 Å². The Bertz CT molecular complexity index is 439. The Morgan fingerprint density at radius 2 is 2.21 bits per heavy atom. The molecule has 1 fully saturated rings. The van der Waals surface area contributed by atoms with E-state index in [9.17, 15) is 0 Å². The van der Waals surface area contributed by atoms with Gasteiger partial charge in [-0.3, -0.25) is 4.90 Å². The first-order valence-corrected chi connectivity index (χ1v) is 7.84. The molecule has 0 radical (unpaired) electrons. The Morgan fingerprint density at radius 1 is 1.32 bits per heavy atom. The van der Waals surface area contributed by atoms with Gasteiger partial charge in [-0.05, 0) is 55.3 Å². The topological polar surface area (TPSA) is 15.3 Å². The fourth-order valence-corrected chi connectivity index (χ4v) is 3.75. The third kappa shape index (κ3) is 2.64. The van der Waals surface area contributed by atoms with Gasteiger partial charge < -0.3 is 5.32 Å². The summed E-state index contributed by atoms with van der Waals surface area (Å²) in [6, 6.07) is 7.57. The maximum atomic E-state index is 3.54. The second-order valence-electron chi connectivity index (χ2n) is 6.40. The zero-order valence-electron chi connectivity index (χ0n) is 12.3. The summed E-state index contributed by atoms with van der Waals surface area (Å²) in [6.45, 7) is 8.29. The Morgan fingerprint density at radius 3 is 3.05 bits per heavy atom. The van der Waals surface area contributed by atoms with Gasteiger partial charge in [0.2, 0.25) is 0 Å². The average molecular weight is 258 g/mol. The third-order valence-corrected chi connectivity index (χ3v) is 4.75. The van der Waals surface area contributed by atoms with Crippen molar-refractivity contribution in [3.05, 3.63) is 29.3 Å². The van der Waals surface area contributed by atoms with E-state index >= 15 is 0 Å². The van der Waals surface area contributed by atoms with Gasteiger partial charge in [-0.1, -0.05) is 26.0 Å². The summed E-state index contributed by atoms with van der Waals surface area (Å²) in [5.74, 6) is 0.778. The van der Waals surface area contributed by atoms with Crippen LogP contribution in [0.15, 0.2) is 18.2 Å². The van der Waals surface area contributed by atoms with E-state index < -0.39 is 0 Å². The van der Waals surface area contributed by atoms with Crippen LogP contribution in [0.1, 0.15) is 44.2 Å². The summed E-state index contributed by atoms with van der Waals surface area (Å²) < 4.78 is 0. The summed E-state index contributed by atoms with van der Waals surface area (Å²) in [5.41, 5.74) is 4.50. The molecule has 1 saturated heterocycles. The van der Waals surface area contributed by atoms with E-state index in [-0.39, 0.29) is 0 Å². The second kappa shape index (κ2) is 5.54. The van der Waals surface area contributed by atoms with Crippen molar-refractivity contribution in [2.75, 3.05) is 18.4 Å². The zero-order valence-corrected chi connectivity index (χ0v) is 12.3. The van der Waals surface area contributed by atoms with Gasteiger partial charge in [0.15, 0.2) is 0 Å². The molecule has 104 valence electrons. The van der Waals surface area contributed by atoms with Crippen LogP contribution < -0.4 is 5.32 Å². The van der Waals surface area contributed by atoms with Gasteiger partial charge in [0.05, 0.1) is 0 Å². The van der Waals surface area contributed by atoms with Crippen LogP contribution >= 0.6 is 0 Å². The number of fused-ring (bicyclic) bond motifs is 1. The van der Waals surface area contributed by atoms with E-state index in [1.54, 1.807) is 11.1 Å². The molecule has 1 aromatic carbocycles. The fourth-order valence-electron chi connectivity index (χ4n) is 3.75. The van der Waals surface area contributed by atoms with Crippen molar-refractivity contribution < 1.29 is 0 Å². The molecule has 0 spiro atoms. The summed E-state index contributed by atoms with van der Waals surface area (Å²) in [7, 11) is 0. The Hall–Kier alpha value is -1.02. The highest BCUT2D eigenvalue weighted by molar-refractivity contribution is 5.56. The first-order valence-electron chi connectivity index (χ1n) is 7.84. The molecule has 1 atom stereocenters. The van der Waals surface area contributed by atoms with E-state index in [1.807, 2.05) is 0 Å². The molecule has 2 aliphatic rings. The van der Waals surface area contributed by atoms with Crippen molar-refractivity contribution in [2.45, 2.75) is 52.1 Å². The first-order chi connectivity index (χ1) is 9.25. The minimum absolute atomic E-state index is 0.778. The molecular formula is C17H26N2. The summed E-state index contributed by atoms with van der Waals surface area (Å²) in [4.78, 5) is 2.70. The zero-order chi connectivity index (χ0) is 13.2. The Labute approximate surface area is 117 Å². The van der Waals surface area contributed by atoms with Gasteiger partial charge in [0.25, 0.3) is 0 Å². The molecule has 2 heterocycles. The molecule has 19 heavy (non-hydrogen) atoms. The molecule has 1 aromatic rings. The highest BCUT2D eigenvalue weighted by Crippen LogP contribution is 2.30. The molecule has 2 heteroatoms. The van der Waals surface area contributed by atoms with Crippen LogP contribution in [-0.4, -0.2) is 24.0 Å². The van der Waals surface area contributed by atoms with E-state index in [0.717, 1.165) is 25.0 Å². The van der Waals surface area contributed by atoms with E-state index in [1.165, 1.54) is 37.9 Å². The van der Waals surface area contributed by atoms with Crippen LogP contribution in [-0.2, 0) is 13.0 Å². The summed E-state index contributed by atoms with van der Waals surface area (Å²) in [6.07, 6.45) is 5.28. The lowest BCUT2D eigenvalue weighted by atomic mass is 9.96. The number of likely N-dealkylation sites (tertiary alicyclic amines) is 1. The van der Waals surface area contributed by atoms with Crippen molar-refractivity contribution in [2.24, 2.45) is 5.92 Å². The van der Waals surface area contributed by atoms with Crippen LogP contribution in [0.5, 0.6) is 0 Å². The van der Waals surface area contributed by atoms with Gasteiger partial charge in [0.1, 0.15) is 0 Å². The number of hydrogen-bond donors (Lipinski definition) is 1. The SMILES string of the molecule is CC(C)C1CCCN1Cc1cccc2c1CCCN2. The Balaban J connectivity index is 1.80. The molecule has 0 aromatic heterocycles. The number of hydrogen-bond acceptors (Lipinski definition) is 2. The van der Waals surface area contributed by atoms with Crippen LogP contribution in [0.2, 0.25) is 0 Å². The first kappa shape index (κ1) is 13.0. The molecule has 0 aliphatic carbocycles. The third-order valence-electron chi connectivity index (χ3n) is 4.75. The highest BCUT2D eigenvalue weighted by atomic mass is 15.2. The maximum Gasteiger partial charge on any atom is 0.0375 e. The van der Waals surface area contributed by atoms with Gasteiger partial charge >= 0.3 is 0 Å². The van der Waals surface area contributed by atoms with Crippen molar-refractivity contribution in [3.63, 3.8) is 0 Å². The summed E-state index contributed by atoms with van der Waals surface area (Å²) >= 11 is 0. The van der Waals surface area contributed by atoms with Crippen LogP contribution in [0, 0.1) is 5.92 Å². The standard InChI is InChI=1S/C17H26N2/c1-13(2)17-9-5-11-19(17)12-14-6-3-8-16-15(14)7-4-10-18-16/h3,6,8,13,17-18H,4-5,7,9-12H2,1-2H3. The predicted octanol–water partition coefficient (Wildman–Crippen LogP) is 3.67. The van der Waals surface area contributed by atoms with Crippen molar-refractivity contribution in [3.8, 4) is 0 Å². The highest BCUT2D eigenvalue weighted by Gasteiger charge is 2.27. The monoisotopic (exact) mass is 258 g/mol. The van der Waals surface area contributed by atoms with Gasteiger partial charge in [0, 0.05) is 24.8 Å². The molecular weight excluding hydrogens is 232 g/mol. The largest absolute Gasteiger partial charge is 0.385 e. The van der Waals surface area contributed by atoms with Gasteiger partial charge in [-0.15, -0.1) is 0 Å². The van der Waals surface area contributed by atoms with Crippen LogP contribution in [0.25, 0.3) is 0 Å². The number of benzene rings is 1. The Kier molecular flexibility index (Phi) is 3.79. The molecule has 1 unspecified atom stereocenters. The number of anilines is 1. The van der Waals surface area contributed by atoms with Gasteiger partial charge in [-0.25, -0.2) is 0 Å². The molecule has 0 bridgehead atoms. The molecule has 2 nitrogen and oxygen atoms in total. The molecule has 3 rings (SSSR count). The second-order valence-corrected chi connectivity index (χ2v) is 6.40. The maximum absolute atomic E-state index is 3.54. The normalized spacial score (nSPS) is 23.4. The minimum atomic E-state index is 0.778. The number of nitrogens with one attached hydrogen (secondary N) is 1. The lowest BCUT2D eigenvalue weighted by molar-refractivity contribution is 0.198.